The Hall–Kier alpha value is -3.00. The van der Waals surface area contributed by atoms with E-state index in [1.54, 1.807) is 25.3 Å². The Kier molecular flexibility index (Phi) is 6.99. The number of amides is 1. The van der Waals surface area contributed by atoms with Gasteiger partial charge in [-0.25, -0.2) is 9.37 Å². The number of piperazine rings is 1. The van der Waals surface area contributed by atoms with Crippen molar-refractivity contribution in [2.75, 3.05) is 43.9 Å². The highest BCUT2D eigenvalue weighted by Crippen LogP contribution is 2.26. The number of anilines is 1. The minimum absolute atomic E-state index is 0.125. The predicted octanol–water partition coefficient (Wildman–Crippen LogP) is 4.38. The third kappa shape index (κ3) is 5.07. The molecule has 2 aromatic carbocycles. The van der Waals surface area contributed by atoms with Crippen molar-refractivity contribution in [3.05, 3.63) is 65.8 Å². The fourth-order valence-electron chi connectivity index (χ4n) is 3.65. The maximum atomic E-state index is 14.0. The third-order valence-corrected chi connectivity index (χ3v) is 6.46. The van der Waals surface area contributed by atoms with E-state index in [2.05, 4.69) is 9.88 Å². The smallest absolute Gasteiger partial charge is 0.232 e. The minimum Gasteiger partial charge on any atom is -0.497 e. The number of oxazole rings is 1. The number of aryl methyl sites for hydroxylation is 1. The molecule has 1 saturated heterocycles. The second kappa shape index (κ2) is 10.1. The van der Waals surface area contributed by atoms with E-state index in [1.807, 2.05) is 36.1 Å². The Balaban J connectivity index is 1.26. The molecule has 0 bridgehead atoms. The number of aromatic nitrogens is 1. The van der Waals surface area contributed by atoms with Gasteiger partial charge in [0.15, 0.2) is 0 Å². The number of carbonyl (C=O) groups excluding carboxylic acids is 1. The summed E-state index contributed by atoms with van der Waals surface area (Å²) in [7, 11) is 1.66. The molecule has 0 radical (unpaired) electrons. The van der Waals surface area contributed by atoms with Crippen LogP contribution in [-0.4, -0.2) is 54.8 Å². The SMILES string of the molecule is COc1ccc(N2CCN(C(=O)CSCc3nc(-c4ccccc4F)oc3C)CC2)cc1. The number of methoxy groups -OCH3 is 1. The zero-order valence-corrected chi connectivity index (χ0v) is 19.0. The summed E-state index contributed by atoms with van der Waals surface area (Å²) in [6.07, 6.45) is 0. The lowest BCUT2D eigenvalue weighted by molar-refractivity contribution is -0.128. The monoisotopic (exact) mass is 455 g/mol. The van der Waals surface area contributed by atoms with E-state index >= 15 is 0 Å². The Morgan fingerprint density at radius 2 is 1.84 bits per heavy atom. The standard InChI is InChI=1S/C24H26FN3O3S/c1-17-22(26-24(31-17)20-5-3-4-6-21(20)25)15-32-16-23(29)28-13-11-27(12-14-28)18-7-9-19(30-2)10-8-18/h3-10H,11-16H2,1-2H3. The fourth-order valence-corrected chi connectivity index (χ4v) is 4.57. The number of hydrogen-bond donors (Lipinski definition) is 0. The van der Waals surface area contributed by atoms with Crippen molar-refractivity contribution in [2.45, 2.75) is 12.7 Å². The number of halogens is 1. The molecule has 0 aliphatic carbocycles. The molecule has 32 heavy (non-hydrogen) atoms. The highest BCUT2D eigenvalue weighted by molar-refractivity contribution is 7.99. The van der Waals surface area contributed by atoms with Gasteiger partial charge < -0.3 is 19.0 Å². The molecule has 0 N–H and O–H groups in total. The maximum Gasteiger partial charge on any atom is 0.232 e. The highest BCUT2D eigenvalue weighted by atomic mass is 32.2. The number of carbonyl (C=O) groups is 1. The molecule has 3 aromatic rings. The quantitative estimate of drug-likeness (QED) is 0.527. The van der Waals surface area contributed by atoms with E-state index in [4.69, 9.17) is 9.15 Å². The Bertz CT molecular complexity index is 1060. The number of ether oxygens (including phenoxy) is 1. The number of benzene rings is 2. The molecule has 0 spiro atoms. The van der Waals surface area contributed by atoms with E-state index < -0.39 is 0 Å². The molecule has 1 fully saturated rings. The van der Waals surface area contributed by atoms with Gasteiger partial charge in [0.05, 0.1) is 24.1 Å². The lowest BCUT2D eigenvalue weighted by Crippen LogP contribution is -2.49. The summed E-state index contributed by atoms with van der Waals surface area (Å²) in [4.78, 5) is 21.3. The molecule has 6 nitrogen and oxygen atoms in total. The van der Waals surface area contributed by atoms with Gasteiger partial charge in [0.1, 0.15) is 17.3 Å². The molecule has 168 valence electrons. The summed E-state index contributed by atoms with van der Waals surface area (Å²) in [5.41, 5.74) is 2.22. The van der Waals surface area contributed by atoms with E-state index in [0.717, 1.165) is 30.2 Å². The van der Waals surface area contributed by atoms with Gasteiger partial charge >= 0.3 is 0 Å². The zero-order valence-electron chi connectivity index (χ0n) is 18.2. The van der Waals surface area contributed by atoms with Gasteiger partial charge in [0, 0.05) is 37.6 Å². The van der Waals surface area contributed by atoms with Crippen LogP contribution in [0.4, 0.5) is 10.1 Å². The Labute approximate surface area is 191 Å². The highest BCUT2D eigenvalue weighted by Gasteiger charge is 2.22. The van der Waals surface area contributed by atoms with Gasteiger partial charge in [0.25, 0.3) is 0 Å². The largest absolute Gasteiger partial charge is 0.497 e. The number of nitrogens with zero attached hydrogens (tertiary/aromatic N) is 3. The molecule has 4 rings (SSSR count). The van der Waals surface area contributed by atoms with Crippen LogP contribution in [0.15, 0.2) is 52.9 Å². The zero-order chi connectivity index (χ0) is 22.5. The van der Waals surface area contributed by atoms with Gasteiger partial charge in [-0.05, 0) is 43.3 Å². The lowest BCUT2D eigenvalue weighted by Gasteiger charge is -2.36. The summed E-state index contributed by atoms with van der Waals surface area (Å²) in [5, 5.41) is 0. The summed E-state index contributed by atoms with van der Waals surface area (Å²) >= 11 is 1.50. The van der Waals surface area contributed by atoms with Crippen LogP contribution in [-0.2, 0) is 10.5 Å². The van der Waals surface area contributed by atoms with Crippen LogP contribution in [0, 0.1) is 12.7 Å². The molecule has 1 aliphatic rings. The van der Waals surface area contributed by atoms with Gasteiger partial charge in [-0.15, -0.1) is 11.8 Å². The molecule has 8 heteroatoms. The summed E-state index contributed by atoms with van der Waals surface area (Å²) in [6.45, 7) is 4.82. The van der Waals surface area contributed by atoms with Crippen LogP contribution in [0.2, 0.25) is 0 Å². The van der Waals surface area contributed by atoms with Crippen LogP contribution in [0.5, 0.6) is 5.75 Å². The average Bonchev–Trinajstić information content (AvgIpc) is 3.19. The van der Waals surface area contributed by atoms with Crippen molar-refractivity contribution < 1.29 is 18.3 Å². The second-order valence-electron chi connectivity index (χ2n) is 7.56. The maximum absolute atomic E-state index is 14.0. The molecule has 1 aromatic heterocycles. The lowest BCUT2D eigenvalue weighted by atomic mass is 10.2. The summed E-state index contributed by atoms with van der Waals surface area (Å²) < 4.78 is 24.8. The molecule has 0 saturated carbocycles. The number of thioether (sulfide) groups is 1. The van der Waals surface area contributed by atoms with Crippen molar-refractivity contribution in [1.82, 2.24) is 9.88 Å². The van der Waals surface area contributed by atoms with Crippen molar-refractivity contribution >= 4 is 23.4 Å². The first-order valence-corrected chi connectivity index (χ1v) is 11.7. The van der Waals surface area contributed by atoms with E-state index in [1.165, 1.54) is 17.8 Å². The van der Waals surface area contributed by atoms with Crippen LogP contribution in [0.25, 0.3) is 11.5 Å². The third-order valence-electron chi connectivity index (χ3n) is 5.53. The molecular formula is C24H26FN3O3S. The van der Waals surface area contributed by atoms with Crippen molar-refractivity contribution in [3.63, 3.8) is 0 Å². The van der Waals surface area contributed by atoms with Crippen LogP contribution in [0.1, 0.15) is 11.5 Å². The van der Waals surface area contributed by atoms with Gasteiger partial charge in [-0.3, -0.25) is 4.79 Å². The number of rotatable bonds is 7. The van der Waals surface area contributed by atoms with Gasteiger partial charge in [-0.2, -0.15) is 0 Å². The van der Waals surface area contributed by atoms with Crippen LogP contribution >= 0.6 is 11.8 Å². The van der Waals surface area contributed by atoms with E-state index in [-0.39, 0.29) is 17.6 Å². The summed E-state index contributed by atoms with van der Waals surface area (Å²) in [6, 6.07) is 14.4. The second-order valence-corrected chi connectivity index (χ2v) is 8.55. The van der Waals surface area contributed by atoms with Gasteiger partial charge in [-0.1, -0.05) is 12.1 Å². The van der Waals surface area contributed by atoms with Crippen LogP contribution < -0.4 is 9.64 Å². The van der Waals surface area contributed by atoms with Gasteiger partial charge in [0.2, 0.25) is 11.8 Å². The van der Waals surface area contributed by atoms with Crippen LogP contribution in [0.3, 0.4) is 0 Å². The predicted molar refractivity (Wildman–Crippen MR) is 125 cm³/mol. The first-order valence-electron chi connectivity index (χ1n) is 10.5. The minimum atomic E-state index is -0.364. The molecular weight excluding hydrogens is 429 g/mol. The van der Waals surface area contributed by atoms with E-state index in [9.17, 15) is 9.18 Å². The molecule has 0 atom stereocenters. The number of hydrogen-bond acceptors (Lipinski definition) is 6. The van der Waals surface area contributed by atoms with Crippen molar-refractivity contribution in [1.29, 1.82) is 0 Å². The topological polar surface area (TPSA) is 58.8 Å². The Morgan fingerprint density at radius 1 is 1.12 bits per heavy atom. The molecule has 0 unspecified atom stereocenters. The first kappa shape index (κ1) is 22.2. The first-order chi connectivity index (χ1) is 15.5. The molecule has 1 amide bonds. The van der Waals surface area contributed by atoms with Crippen molar-refractivity contribution in [2.24, 2.45) is 0 Å². The fraction of sp³-hybridized carbons (Fsp3) is 0.333. The normalized spacial score (nSPS) is 14.0. The Morgan fingerprint density at radius 3 is 2.53 bits per heavy atom. The average molecular weight is 456 g/mol. The molecule has 2 heterocycles. The summed E-state index contributed by atoms with van der Waals surface area (Å²) in [5.74, 6) is 2.44. The van der Waals surface area contributed by atoms with E-state index in [0.29, 0.717) is 35.9 Å². The van der Waals surface area contributed by atoms with Crippen molar-refractivity contribution in [3.8, 4) is 17.2 Å². The molecule has 1 aliphatic heterocycles.